The van der Waals surface area contributed by atoms with Crippen molar-refractivity contribution in [1.82, 2.24) is 15.5 Å². The molecule has 6 nitrogen and oxygen atoms in total. The fraction of sp³-hybridized carbons (Fsp3) is 0.632. The number of methoxy groups -OCH3 is 2. The molecule has 0 spiro atoms. The fourth-order valence-electron chi connectivity index (χ4n) is 2.47. The van der Waals surface area contributed by atoms with Crippen molar-refractivity contribution in [2.24, 2.45) is 4.99 Å². The van der Waals surface area contributed by atoms with Gasteiger partial charge in [-0.15, -0.1) is 0 Å². The molecular weight excluding hydrogens is 316 g/mol. The van der Waals surface area contributed by atoms with E-state index in [2.05, 4.69) is 39.7 Å². The minimum Gasteiger partial charge on any atom is -0.497 e. The predicted molar refractivity (Wildman–Crippen MR) is 105 cm³/mol. The first-order valence-electron chi connectivity index (χ1n) is 8.94. The monoisotopic (exact) mass is 350 g/mol. The normalized spacial score (nSPS) is 11.6. The molecule has 2 N–H and O–H groups in total. The Morgan fingerprint density at radius 1 is 1.04 bits per heavy atom. The topological polar surface area (TPSA) is 58.1 Å². The van der Waals surface area contributed by atoms with Gasteiger partial charge in [0, 0.05) is 46.9 Å². The Kier molecular flexibility index (Phi) is 11.5. The number of rotatable bonds is 12. The van der Waals surface area contributed by atoms with Gasteiger partial charge in [0.15, 0.2) is 5.96 Å². The second-order valence-corrected chi connectivity index (χ2v) is 6.03. The van der Waals surface area contributed by atoms with Gasteiger partial charge in [0.25, 0.3) is 0 Å². The molecule has 25 heavy (non-hydrogen) atoms. The number of ether oxygens (including phenoxy) is 2. The molecule has 0 aliphatic heterocycles. The van der Waals surface area contributed by atoms with Gasteiger partial charge in [-0.3, -0.25) is 4.99 Å². The lowest BCUT2D eigenvalue weighted by Gasteiger charge is -2.18. The van der Waals surface area contributed by atoms with Crippen molar-refractivity contribution in [3.63, 3.8) is 0 Å². The maximum absolute atomic E-state index is 5.18. The van der Waals surface area contributed by atoms with Crippen LogP contribution in [0.3, 0.4) is 0 Å². The molecule has 0 atom stereocenters. The van der Waals surface area contributed by atoms with Gasteiger partial charge < -0.3 is 25.0 Å². The Balaban J connectivity index is 2.13. The van der Waals surface area contributed by atoms with Crippen molar-refractivity contribution in [2.45, 2.75) is 19.3 Å². The van der Waals surface area contributed by atoms with Gasteiger partial charge >= 0.3 is 0 Å². The van der Waals surface area contributed by atoms with Crippen LogP contribution in [0.5, 0.6) is 5.75 Å². The van der Waals surface area contributed by atoms with Crippen LogP contribution in [0, 0.1) is 0 Å². The van der Waals surface area contributed by atoms with Crippen molar-refractivity contribution in [2.75, 3.05) is 61.1 Å². The summed E-state index contributed by atoms with van der Waals surface area (Å²) in [7, 11) is 7.37. The van der Waals surface area contributed by atoms with Crippen LogP contribution in [0.25, 0.3) is 0 Å². The highest BCUT2D eigenvalue weighted by molar-refractivity contribution is 5.79. The lowest BCUT2D eigenvalue weighted by atomic mass is 10.1. The minimum atomic E-state index is 0.815. The zero-order valence-electron chi connectivity index (χ0n) is 16.2. The number of nitrogens with one attached hydrogen (secondary N) is 2. The van der Waals surface area contributed by atoms with Gasteiger partial charge in [0.05, 0.1) is 7.11 Å². The molecule has 0 heterocycles. The van der Waals surface area contributed by atoms with Gasteiger partial charge in [0.1, 0.15) is 5.75 Å². The Morgan fingerprint density at radius 3 is 2.40 bits per heavy atom. The Morgan fingerprint density at radius 2 is 1.76 bits per heavy atom. The van der Waals surface area contributed by atoms with Crippen LogP contribution < -0.4 is 15.4 Å². The molecule has 0 saturated carbocycles. The van der Waals surface area contributed by atoms with E-state index < -0.39 is 0 Å². The standard InChI is InChI=1S/C19H34N4O2/c1-20-19(22-13-15-23(2)14-6-16-24-3)21-12-5-7-17-8-10-18(25-4)11-9-17/h8-11H,5-7,12-16H2,1-4H3,(H2,20,21,22). The largest absolute Gasteiger partial charge is 0.497 e. The molecule has 0 aromatic heterocycles. The lowest BCUT2D eigenvalue weighted by Crippen LogP contribution is -2.41. The van der Waals surface area contributed by atoms with E-state index in [4.69, 9.17) is 9.47 Å². The zero-order valence-corrected chi connectivity index (χ0v) is 16.2. The third-order valence-corrected chi connectivity index (χ3v) is 3.99. The molecule has 0 aliphatic rings. The predicted octanol–water partition coefficient (Wildman–Crippen LogP) is 1.76. The molecule has 0 radical (unpaired) electrons. The second-order valence-electron chi connectivity index (χ2n) is 6.03. The first kappa shape index (κ1) is 21.3. The number of hydrogen-bond acceptors (Lipinski definition) is 4. The zero-order chi connectivity index (χ0) is 18.3. The maximum Gasteiger partial charge on any atom is 0.191 e. The summed E-state index contributed by atoms with van der Waals surface area (Å²) in [5.41, 5.74) is 1.32. The van der Waals surface area contributed by atoms with Crippen LogP contribution in [0.2, 0.25) is 0 Å². The minimum absolute atomic E-state index is 0.815. The van der Waals surface area contributed by atoms with Gasteiger partial charge in [-0.25, -0.2) is 0 Å². The van der Waals surface area contributed by atoms with E-state index >= 15 is 0 Å². The van der Waals surface area contributed by atoms with Crippen LogP contribution in [0.15, 0.2) is 29.3 Å². The number of nitrogens with zero attached hydrogens (tertiary/aromatic N) is 2. The van der Waals surface area contributed by atoms with E-state index in [9.17, 15) is 0 Å². The van der Waals surface area contributed by atoms with Crippen molar-refractivity contribution >= 4 is 5.96 Å². The summed E-state index contributed by atoms with van der Waals surface area (Å²) < 4.78 is 10.2. The van der Waals surface area contributed by atoms with E-state index in [1.165, 1.54) is 5.56 Å². The quantitative estimate of drug-likeness (QED) is 0.342. The van der Waals surface area contributed by atoms with Crippen molar-refractivity contribution in [1.29, 1.82) is 0 Å². The molecule has 1 aromatic rings. The number of guanidine groups is 1. The van der Waals surface area contributed by atoms with Crippen LogP contribution in [0.1, 0.15) is 18.4 Å². The molecule has 1 rings (SSSR count). The number of aliphatic imine (C=N–C) groups is 1. The maximum atomic E-state index is 5.18. The number of benzene rings is 1. The summed E-state index contributed by atoms with van der Waals surface area (Å²) in [6.45, 7) is 4.62. The van der Waals surface area contributed by atoms with Crippen molar-refractivity contribution in [3.05, 3.63) is 29.8 Å². The second kappa shape index (κ2) is 13.5. The molecule has 6 heteroatoms. The average Bonchev–Trinajstić information content (AvgIpc) is 2.64. The van der Waals surface area contributed by atoms with E-state index in [1.54, 1.807) is 21.3 Å². The highest BCUT2D eigenvalue weighted by Gasteiger charge is 2.01. The Labute approximate surface area is 152 Å². The van der Waals surface area contributed by atoms with E-state index in [1.807, 2.05) is 12.1 Å². The summed E-state index contributed by atoms with van der Waals surface area (Å²) in [4.78, 5) is 6.56. The van der Waals surface area contributed by atoms with Crippen LogP contribution in [0.4, 0.5) is 0 Å². The Hall–Kier alpha value is -1.79. The molecular formula is C19H34N4O2. The summed E-state index contributed by atoms with van der Waals surface area (Å²) >= 11 is 0. The molecule has 0 unspecified atom stereocenters. The summed E-state index contributed by atoms with van der Waals surface area (Å²) in [6.07, 6.45) is 3.16. The highest BCUT2D eigenvalue weighted by Crippen LogP contribution is 2.12. The first-order chi connectivity index (χ1) is 12.2. The molecule has 0 saturated heterocycles. The molecule has 0 aliphatic carbocycles. The van der Waals surface area contributed by atoms with Gasteiger partial charge in [-0.05, 0) is 44.0 Å². The third kappa shape index (κ3) is 9.94. The van der Waals surface area contributed by atoms with Crippen LogP contribution in [-0.2, 0) is 11.2 Å². The average molecular weight is 351 g/mol. The molecule has 0 bridgehead atoms. The van der Waals surface area contributed by atoms with Gasteiger partial charge in [-0.1, -0.05) is 12.1 Å². The summed E-state index contributed by atoms with van der Waals surface area (Å²) in [5, 5.41) is 6.72. The molecule has 0 amide bonds. The van der Waals surface area contributed by atoms with Gasteiger partial charge in [0.2, 0.25) is 0 Å². The van der Waals surface area contributed by atoms with E-state index in [0.717, 1.165) is 63.8 Å². The van der Waals surface area contributed by atoms with E-state index in [-0.39, 0.29) is 0 Å². The number of hydrogen-bond donors (Lipinski definition) is 2. The highest BCUT2D eigenvalue weighted by atomic mass is 16.5. The first-order valence-corrected chi connectivity index (χ1v) is 8.94. The Bertz CT molecular complexity index is 477. The fourth-order valence-corrected chi connectivity index (χ4v) is 2.47. The number of likely N-dealkylation sites (N-methyl/N-ethyl adjacent to an activating group) is 1. The lowest BCUT2D eigenvalue weighted by molar-refractivity contribution is 0.180. The number of aryl methyl sites for hydroxylation is 1. The smallest absolute Gasteiger partial charge is 0.191 e. The third-order valence-electron chi connectivity index (χ3n) is 3.99. The molecule has 1 aromatic carbocycles. The van der Waals surface area contributed by atoms with E-state index in [0.29, 0.717) is 0 Å². The van der Waals surface area contributed by atoms with Gasteiger partial charge in [-0.2, -0.15) is 0 Å². The van der Waals surface area contributed by atoms with Crippen LogP contribution >= 0.6 is 0 Å². The summed E-state index contributed by atoms with van der Waals surface area (Å²) in [6, 6.07) is 8.25. The van der Waals surface area contributed by atoms with Crippen molar-refractivity contribution in [3.8, 4) is 5.75 Å². The molecule has 0 fully saturated rings. The molecule has 142 valence electrons. The van der Waals surface area contributed by atoms with Crippen molar-refractivity contribution < 1.29 is 9.47 Å². The SMILES string of the molecule is CN=C(NCCCc1ccc(OC)cc1)NCCN(C)CCCOC. The van der Waals surface area contributed by atoms with Crippen LogP contribution in [-0.4, -0.2) is 72.0 Å². The summed E-state index contributed by atoms with van der Waals surface area (Å²) in [5.74, 6) is 1.76.